The minimum absolute atomic E-state index is 0.258. The smallest absolute Gasteiger partial charge is 0.106 e. The highest BCUT2D eigenvalue weighted by atomic mass is 15.0. The Bertz CT molecular complexity index is 244. The number of rotatable bonds is 3. The lowest BCUT2D eigenvalue weighted by Crippen LogP contribution is -2.50. The number of hydrogen-bond acceptors (Lipinski definition) is 2. The summed E-state index contributed by atoms with van der Waals surface area (Å²) in [6, 6.07) is 3.14. The Hall–Kier alpha value is -0.550. The van der Waals surface area contributed by atoms with Crippen LogP contribution < -0.4 is 5.32 Å². The summed E-state index contributed by atoms with van der Waals surface area (Å²) >= 11 is 0. The maximum Gasteiger partial charge on any atom is 0.106 e. The molecule has 0 amide bonds. The Labute approximate surface area is 93.0 Å². The van der Waals surface area contributed by atoms with Crippen LogP contribution in [0.4, 0.5) is 0 Å². The SMILES string of the molecule is CC(C#N)(NC1CCCC1)C1CCCC1. The quantitative estimate of drug-likeness (QED) is 0.770. The zero-order chi connectivity index (χ0) is 10.7. The van der Waals surface area contributed by atoms with Crippen LogP contribution in [0.15, 0.2) is 0 Å². The summed E-state index contributed by atoms with van der Waals surface area (Å²) in [5.74, 6) is 0.586. The van der Waals surface area contributed by atoms with Gasteiger partial charge >= 0.3 is 0 Å². The zero-order valence-electron chi connectivity index (χ0n) is 9.76. The molecule has 1 atom stereocenters. The fourth-order valence-corrected chi connectivity index (χ4v) is 3.24. The summed E-state index contributed by atoms with van der Waals surface area (Å²) in [4.78, 5) is 0. The molecule has 1 unspecified atom stereocenters. The molecule has 84 valence electrons. The fourth-order valence-electron chi connectivity index (χ4n) is 3.24. The topological polar surface area (TPSA) is 35.8 Å². The molecule has 2 rings (SSSR count). The van der Waals surface area contributed by atoms with Gasteiger partial charge < -0.3 is 0 Å². The summed E-state index contributed by atoms with van der Waals surface area (Å²) in [6.45, 7) is 2.11. The molecule has 0 aromatic heterocycles. The Kier molecular flexibility index (Phi) is 3.31. The number of nitriles is 1. The van der Waals surface area contributed by atoms with Gasteiger partial charge in [0.1, 0.15) is 5.54 Å². The first kappa shape index (κ1) is 11.0. The van der Waals surface area contributed by atoms with Gasteiger partial charge in [0.15, 0.2) is 0 Å². The van der Waals surface area contributed by atoms with Crippen LogP contribution in [0.1, 0.15) is 58.3 Å². The van der Waals surface area contributed by atoms with Gasteiger partial charge in [-0.25, -0.2) is 0 Å². The zero-order valence-corrected chi connectivity index (χ0v) is 9.76. The molecule has 0 spiro atoms. The van der Waals surface area contributed by atoms with Gasteiger partial charge in [0.25, 0.3) is 0 Å². The Balaban J connectivity index is 1.97. The van der Waals surface area contributed by atoms with Crippen molar-refractivity contribution in [1.82, 2.24) is 5.32 Å². The number of nitrogens with zero attached hydrogens (tertiary/aromatic N) is 1. The third-order valence-corrected chi connectivity index (χ3v) is 4.26. The lowest BCUT2D eigenvalue weighted by molar-refractivity contribution is 0.270. The van der Waals surface area contributed by atoms with Gasteiger partial charge in [-0.05, 0) is 38.5 Å². The van der Waals surface area contributed by atoms with Crippen LogP contribution >= 0.6 is 0 Å². The van der Waals surface area contributed by atoms with Crippen molar-refractivity contribution in [3.8, 4) is 6.07 Å². The molecule has 2 heteroatoms. The van der Waals surface area contributed by atoms with E-state index in [9.17, 15) is 5.26 Å². The maximum absolute atomic E-state index is 9.39. The average molecular weight is 206 g/mol. The predicted molar refractivity (Wildman–Crippen MR) is 61.4 cm³/mol. The molecule has 0 aromatic carbocycles. The van der Waals surface area contributed by atoms with E-state index in [1.54, 1.807) is 0 Å². The molecule has 15 heavy (non-hydrogen) atoms. The van der Waals surface area contributed by atoms with E-state index in [1.807, 2.05) is 0 Å². The van der Waals surface area contributed by atoms with Crippen LogP contribution in [0.2, 0.25) is 0 Å². The number of hydrogen-bond donors (Lipinski definition) is 1. The van der Waals surface area contributed by atoms with Crippen LogP contribution in [-0.4, -0.2) is 11.6 Å². The highest BCUT2D eigenvalue weighted by Gasteiger charge is 2.38. The molecule has 0 aliphatic heterocycles. The molecule has 2 fully saturated rings. The molecule has 0 saturated heterocycles. The van der Waals surface area contributed by atoms with Crippen molar-refractivity contribution < 1.29 is 0 Å². The predicted octanol–water partition coefficient (Wildman–Crippen LogP) is 2.99. The highest BCUT2D eigenvalue weighted by molar-refractivity contribution is 5.10. The van der Waals surface area contributed by atoms with Crippen molar-refractivity contribution in [2.24, 2.45) is 5.92 Å². The summed E-state index contributed by atoms with van der Waals surface area (Å²) in [5, 5.41) is 13.0. The molecule has 0 aromatic rings. The van der Waals surface area contributed by atoms with Crippen LogP contribution in [0.5, 0.6) is 0 Å². The van der Waals surface area contributed by atoms with E-state index in [0.29, 0.717) is 12.0 Å². The normalized spacial score (nSPS) is 27.7. The largest absolute Gasteiger partial charge is 0.297 e. The second-order valence-corrected chi connectivity index (χ2v) is 5.42. The molecule has 2 aliphatic carbocycles. The second-order valence-electron chi connectivity index (χ2n) is 5.42. The standard InChI is InChI=1S/C13H22N2/c1-13(10-14,11-6-2-3-7-11)15-12-8-4-5-9-12/h11-12,15H,2-9H2,1H3. The third-order valence-electron chi connectivity index (χ3n) is 4.26. The van der Waals surface area contributed by atoms with Crippen molar-refractivity contribution in [3.63, 3.8) is 0 Å². The molecule has 0 bridgehead atoms. The van der Waals surface area contributed by atoms with Gasteiger partial charge in [-0.1, -0.05) is 25.7 Å². The fraction of sp³-hybridized carbons (Fsp3) is 0.923. The van der Waals surface area contributed by atoms with Gasteiger partial charge in [0.2, 0.25) is 0 Å². The molecule has 1 N–H and O–H groups in total. The maximum atomic E-state index is 9.39. The summed E-state index contributed by atoms with van der Waals surface area (Å²) in [5.41, 5.74) is -0.258. The summed E-state index contributed by atoms with van der Waals surface area (Å²) in [7, 11) is 0. The van der Waals surface area contributed by atoms with E-state index in [-0.39, 0.29) is 5.54 Å². The van der Waals surface area contributed by atoms with Crippen LogP contribution in [0, 0.1) is 17.2 Å². The molecular weight excluding hydrogens is 184 g/mol. The van der Waals surface area contributed by atoms with Crippen LogP contribution in [-0.2, 0) is 0 Å². The average Bonchev–Trinajstić information content (AvgIpc) is 2.89. The Morgan fingerprint density at radius 3 is 2.13 bits per heavy atom. The van der Waals surface area contributed by atoms with E-state index >= 15 is 0 Å². The van der Waals surface area contributed by atoms with Gasteiger partial charge in [0, 0.05) is 6.04 Å². The molecule has 2 saturated carbocycles. The van der Waals surface area contributed by atoms with Gasteiger partial charge in [-0.3, -0.25) is 5.32 Å². The Morgan fingerprint density at radius 1 is 1.07 bits per heavy atom. The third kappa shape index (κ3) is 2.34. The first-order chi connectivity index (χ1) is 7.24. The van der Waals surface area contributed by atoms with Gasteiger partial charge in [0.05, 0.1) is 6.07 Å². The second kappa shape index (κ2) is 4.53. The molecule has 0 radical (unpaired) electrons. The monoisotopic (exact) mass is 206 g/mol. The summed E-state index contributed by atoms with van der Waals surface area (Å²) in [6.07, 6.45) is 10.3. The van der Waals surface area contributed by atoms with E-state index in [0.717, 1.165) is 0 Å². The van der Waals surface area contributed by atoms with E-state index in [4.69, 9.17) is 0 Å². The lowest BCUT2D eigenvalue weighted by atomic mass is 9.84. The molecule has 0 heterocycles. The minimum atomic E-state index is -0.258. The van der Waals surface area contributed by atoms with E-state index in [1.165, 1.54) is 51.4 Å². The molecular formula is C13H22N2. The van der Waals surface area contributed by atoms with Crippen molar-refractivity contribution >= 4 is 0 Å². The van der Waals surface area contributed by atoms with Crippen molar-refractivity contribution in [1.29, 1.82) is 5.26 Å². The highest BCUT2D eigenvalue weighted by Crippen LogP contribution is 2.35. The van der Waals surface area contributed by atoms with Crippen LogP contribution in [0.25, 0.3) is 0 Å². The van der Waals surface area contributed by atoms with Crippen molar-refractivity contribution in [2.75, 3.05) is 0 Å². The summed E-state index contributed by atoms with van der Waals surface area (Å²) < 4.78 is 0. The van der Waals surface area contributed by atoms with Gasteiger partial charge in [-0.2, -0.15) is 5.26 Å². The number of nitrogens with one attached hydrogen (secondary N) is 1. The van der Waals surface area contributed by atoms with Crippen molar-refractivity contribution in [2.45, 2.75) is 69.9 Å². The van der Waals surface area contributed by atoms with Crippen molar-refractivity contribution in [3.05, 3.63) is 0 Å². The first-order valence-corrected chi connectivity index (χ1v) is 6.43. The Morgan fingerprint density at radius 2 is 1.60 bits per heavy atom. The lowest BCUT2D eigenvalue weighted by Gasteiger charge is -2.32. The minimum Gasteiger partial charge on any atom is -0.297 e. The van der Waals surface area contributed by atoms with Crippen LogP contribution in [0.3, 0.4) is 0 Å². The molecule has 2 nitrogen and oxygen atoms in total. The first-order valence-electron chi connectivity index (χ1n) is 6.43. The molecule has 2 aliphatic rings. The van der Waals surface area contributed by atoms with E-state index in [2.05, 4.69) is 18.3 Å². The van der Waals surface area contributed by atoms with E-state index < -0.39 is 0 Å². The van der Waals surface area contributed by atoms with Gasteiger partial charge in [-0.15, -0.1) is 0 Å².